The fourth-order valence-corrected chi connectivity index (χ4v) is 2.85. The molecule has 2 N–H and O–H groups in total. The normalized spacial score (nSPS) is 15.2. The average Bonchev–Trinajstić information content (AvgIpc) is 3.52. The summed E-state index contributed by atoms with van der Waals surface area (Å²) < 4.78 is 19.9. The van der Waals surface area contributed by atoms with E-state index in [0.717, 1.165) is 24.1 Å². The molecule has 1 heterocycles. The molecule has 5 nitrogen and oxygen atoms in total. The summed E-state index contributed by atoms with van der Waals surface area (Å²) in [4.78, 5) is 8.74. The van der Waals surface area contributed by atoms with Crippen molar-refractivity contribution in [2.45, 2.75) is 39.2 Å². The summed E-state index contributed by atoms with van der Waals surface area (Å²) in [5, 5.41) is 6.58. The van der Waals surface area contributed by atoms with Crippen molar-refractivity contribution in [3.8, 4) is 5.75 Å². The second kappa shape index (κ2) is 10.1. The standard InChI is InChI=1S/C22H29FN4O/c1-3-25-22(26-12-10-17-5-4-11-24-14-17)27-16(2)19-8-9-21(20(23)13-19)28-15-18-6-7-18/h4-5,8-9,11,13-14,16,18H,3,6-7,10,12,15H2,1-2H3,(H2,25,26,27). The predicted molar refractivity (Wildman–Crippen MR) is 110 cm³/mol. The largest absolute Gasteiger partial charge is 0.490 e. The van der Waals surface area contributed by atoms with E-state index < -0.39 is 0 Å². The quantitative estimate of drug-likeness (QED) is 0.509. The topological polar surface area (TPSA) is 58.5 Å². The Bertz CT molecular complexity index is 777. The van der Waals surface area contributed by atoms with Gasteiger partial charge in [0.1, 0.15) is 0 Å². The molecule has 1 aromatic heterocycles. The summed E-state index contributed by atoms with van der Waals surface area (Å²) in [7, 11) is 0. The minimum Gasteiger partial charge on any atom is -0.490 e. The first-order valence-corrected chi connectivity index (χ1v) is 10.0. The Morgan fingerprint density at radius 3 is 2.89 bits per heavy atom. The van der Waals surface area contributed by atoms with Gasteiger partial charge in [-0.05, 0) is 68.4 Å². The SMILES string of the molecule is CCNC(=NCCc1cccnc1)NC(C)c1ccc(OCC2CC2)c(F)c1. The van der Waals surface area contributed by atoms with E-state index in [2.05, 4.69) is 20.6 Å². The van der Waals surface area contributed by atoms with Gasteiger partial charge in [-0.2, -0.15) is 0 Å². The van der Waals surface area contributed by atoms with Crippen LogP contribution in [0.3, 0.4) is 0 Å². The van der Waals surface area contributed by atoms with E-state index in [1.165, 1.54) is 12.8 Å². The molecule has 0 radical (unpaired) electrons. The van der Waals surface area contributed by atoms with Crippen molar-refractivity contribution < 1.29 is 9.13 Å². The van der Waals surface area contributed by atoms with E-state index >= 15 is 0 Å². The van der Waals surface area contributed by atoms with Crippen molar-refractivity contribution in [2.75, 3.05) is 19.7 Å². The van der Waals surface area contributed by atoms with Crippen LogP contribution in [0.1, 0.15) is 43.9 Å². The number of aromatic nitrogens is 1. The Hall–Kier alpha value is -2.63. The van der Waals surface area contributed by atoms with E-state index in [0.29, 0.717) is 30.8 Å². The lowest BCUT2D eigenvalue weighted by atomic mass is 10.1. The van der Waals surface area contributed by atoms with Crippen LogP contribution in [0.25, 0.3) is 0 Å². The molecule has 0 spiro atoms. The molecule has 0 aliphatic heterocycles. The lowest BCUT2D eigenvalue weighted by molar-refractivity contribution is 0.285. The lowest BCUT2D eigenvalue weighted by Crippen LogP contribution is -2.38. The smallest absolute Gasteiger partial charge is 0.191 e. The molecule has 0 saturated heterocycles. The third kappa shape index (κ3) is 6.22. The van der Waals surface area contributed by atoms with Crippen molar-refractivity contribution in [2.24, 2.45) is 10.9 Å². The number of hydrogen-bond donors (Lipinski definition) is 2. The van der Waals surface area contributed by atoms with Crippen molar-refractivity contribution >= 4 is 5.96 Å². The van der Waals surface area contributed by atoms with Gasteiger partial charge in [0.2, 0.25) is 0 Å². The monoisotopic (exact) mass is 384 g/mol. The molecule has 1 aliphatic rings. The van der Waals surface area contributed by atoms with Crippen molar-refractivity contribution in [3.63, 3.8) is 0 Å². The number of benzene rings is 1. The number of guanidine groups is 1. The zero-order valence-electron chi connectivity index (χ0n) is 16.6. The molecule has 1 aliphatic carbocycles. The maximum atomic E-state index is 14.4. The third-order valence-corrected chi connectivity index (χ3v) is 4.72. The van der Waals surface area contributed by atoms with Crippen LogP contribution in [0.5, 0.6) is 5.75 Å². The number of nitrogens with zero attached hydrogens (tertiary/aromatic N) is 2. The predicted octanol–water partition coefficient (Wildman–Crippen LogP) is 3.87. The minimum absolute atomic E-state index is 0.0804. The Kier molecular flexibility index (Phi) is 7.23. The van der Waals surface area contributed by atoms with E-state index in [-0.39, 0.29) is 11.9 Å². The highest BCUT2D eigenvalue weighted by molar-refractivity contribution is 5.80. The Morgan fingerprint density at radius 1 is 1.36 bits per heavy atom. The van der Waals surface area contributed by atoms with Gasteiger partial charge in [0.05, 0.1) is 12.6 Å². The molecule has 6 heteroatoms. The Labute approximate surface area is 166 Å². The van der Waals surface area contributed by atoms with E-state index in [1.54, 1.807) is 18.3 Å². The first-order chi connectivity index (χ1) is 13.7. The van der Waals surface area contributed by atoms with Gasteiger partial charge in [0.25, 0.3) is 0 Å². The summed E-state index contributed by atoms with van der Waals surface area (Å²) >= 11 is 0. The van der Waals surface area contributed by atoms with Gasteiger partial charge in [-0.3, -0.25) is 9.98 Å². The van der Waals surface area contributed by atoms with Gasteiger partial charge < -0.3 is 15.4 Å². The van der Waals surface area contributed by atoms with Gasteiger partial charge in [-0.25, -0.2) is 4.39 Å². The molecular formula is C22H29FN4O. The van der Waals surface area contributed by atoms with Gasteiger partial charge >= 0.3 is 0 Å². The van der Waals surface area contributed by atoms with E-state index in [1.807, 2.05) is 38.2 Å². The number of rotatable bonds is 9. The number of ether oxygens (including phenoxy) is 1. The number of hydrogen-bond acceptors (Lipinski definition) is 3. The molecule has 2 aromatic rings. The van der Waals surface area contributed by atoms with E-state index in [9.17, 15) is 4.39 Å². The van der Waals surface area contributed by atoms with Gasteiger partial charge in [0.15, 0.2) is 17.5 Å². The zero-order valence-corrected chi connectivity index (χ0v) is 16.6. The van der Waals surface area contributed by atoms with Crippen molar-refractivity contribution in [1.82, 2.24) is 15.6 Å². The molecule has 3 rings (SSSR count). The molecule has 0 amide bonds. The van der Waals surface area contributed by atoms with Crippen molar-refractivity contribution in [1.29, 1.82) is 0 Å². The number of pyridine rings is 1. The second-order valence-corrected chi connectivity index (χ2v) is 7.18. The number of aliphatic imine (C=N–C) groups is 1. The first kappa shape index (κ1) is 20.1. The van der Waals surface area contributed by atoms with Gasteiger partial charge in [-0.15, -0.1) is 0 Å². The van der Waals surface area contributed by atoms with E-state index in [4.69, 9.17) is 4.74 Å². The summed E-state index contributed by atoms with van der Waals surface area (Å²) in [5.74, 6) is 1.34. The zero-order chi connectivity index (χ0) is 19.8. The summed E-state index contributed by atoms with van der Waals surface area (Å²) in [5.41, 5.74) is 2.01. The third-order valence-electron chi connectivity index (χ3n) is 4.72. The van der Waals surface area contributed by atoms with Crippen LogP contribution < -0.4 is 15.4 Å². The molecule has 1 aromatic carbocycles. The summed E-state index contributed by atoms with van der Waals surface area (Å²) in [6.45, 7) is 6.03. The maximum absolute atomic E-state index is 14.4. The highest BCUT2D eigenvalue weighted by atomic mass is 19.1. The van der Waals surface area contributed by atoms with Gasteiger partial charge in [-0.1, -0.05) is 12.1 Å². The summed E-state index contributed by atoms with van der Waals surface area (Å²) in [6, 6.07) is 9.06. The number of halogens is 1. The van der Waals surface area contributed by atoms with Crippen LogP contribution in [0.4, 0.5) is 4.39 Å². The second-order valence-electron chi connectivity index (χ2n) is 7.18. The molecule has 1 saturated carbocycles. The highest BCUT2D eigenvalue weighted by Gasteiger charge is 2.22. The number of nitrogens with one attached hydrogen (secondary N) is 2. The Morgan fingerprint density at radius 2 is 2.21 bits per heavy atom. The molecule has 28 heavy (non-hydrogen) atoms. The van der Waals surface area contributed by atoms with Crippen LogP contribution in [0.15, 0.2) is 47.7 Å². The minimum atomic E-state index is -0.315. The fraction of sp³-hybridized carbons (Fsp3) is 0.455. The molecule has 1 fully saturated rings. The van der Waals surface area contributed by atoms with Crippen LogP contribution in [0.2, 0.25) is 0 Å². The van der Waals surface area contributed by atoms with Crippen LogP contribution >= 0.6 is 0 Å². The molecule has 0 bridgehead atoms. The fourth-order valence-electron chi connectivity index (χ4n) is 2.85. The molecule has 1 atom stereocenters. The van der Waals surface area contributed by atoms with Gasteiger partial charge in [0, 0.05) is 25.5 Å². The molecule has 1 unspecified atom stereocenters. The van der Waals surface area contributed by atoms with Crippen LogP contribution in [-0.2, 0) is 6.42 Å². The maximum Gasteiger partial charge on any atom is 0.191 e. The lowest BCUT2D eigenvalue weighted by Gasteiger charge is -2.19. The van der Waals surface area contributed by atoms with Crippen molar-refractivity contribution in [3.05, 3.63) is 59.7 Å². The van der Waals surface area contributed by atoms with Crippen LogP contribution in [0, 0.1) is 11.7 Å². The van der Waals surface area contributed by atoms with Crippen LogP contribution in [-0.4, -0.2) is 30.6 Å². The Balaban J connectivity index is 1.56. The molecular weight excluding hydrogens is 355 g/mol. The molecule has 150 valence electrons. The highest BCUT2D eigenvalue weighted by Crippen LogP contribution is 2.30. The first-order valence-electron chi connectivity index (χ1n) is 10.0. The average molecular weight is 384 g/mol. The summed E-state index contributed by atoms with van der Waals surface area (Å²) in [6.07, 6.45) is 6.82.